The predicted molar refractivity (Wildman–Crippen MR) is 73.9 cm³/mol. The largest absolute Gasteiger partial charge is 0.338 e. The Labute approximate surface area is 121 Å². The van der Waals surface area contributed by atoms with E-state index in [4.69, 9.17) is 17.3 Å². The highest BCUT2D eigenvalue weighted by Gasteiger charge is 2.32. The lowest BCUT2D eigenvalue weighted by molar-refractivity contribution is -0.132. The maximum atomic E-state index is 13.1. The first-order valence-corrected chi connectivity index (χ1v) is 6.91. The lowest BCUT2D eigenvalue weighted by Crippen LogP contribution is -2.45. The molecule has 1 aromatic carbocycles. The molecule has 3 nitrogen and oxygen atoms in total. The number of amides is 1. The first kappa shape index (κ1) is 15.2. The molecule has 0 radical (unpaired) electrons. The molecule has 1 amide bonds. The Bertz CT molecular complexity index is 512. The van der Waals surface area contributed by atoms with Crippen molar-refractivity contribution in [1.29, 1.82) is 0 Å². The van der Waals surface area contributed by atoms with Crippen LogP contribution in [0.5, 0.6) is 0 Å². The van der Waals surface area contributed by atoms with E-state index in [0.717, 1.165) is 0 Å². The van der Waals surface area contributed by atoms with Gasteiger partial charge in [-0.25, -0.2) is 8.78 Å². The van der Waals surface area contributed by atoms with E-state index in [-0.39, 0.29) is 23.4 Å². The number of benzene rings is 1. The van der Waals surface area contributed by atoms with Gasteiger partial charge in [0.05, 0.1) is 17.6 Å². The summed E-state index contributed by atoms with van der Waals surface area (Å²) in [6.07, 6.45) is -0.614. The molecule has 1 aliphatic heterocycles. The topological polar surface area (TPSA) is 46.3 Å². The molecule has 2 N–H and O–H groups in total. The third kappa shape index (κ3) is 3.10. The van der Waals surface area contributed by atoms with E-state index in [0.29, 0.717) is 18.5 Å². The molecule has 0 aromatic heterocycles. The molecule has 0 spiro atoms. The number of halogens is 3. The molecule has 1 aromatic rings. The van der Waals surface area contributed by atoms with Crippen LogP contribution in [0.2, 0.25) is 5.02 Å². The van der Waals surface area contributed by atoms with Gasteiger partial charge in [0.15, 0.2) is 0 Å². The first-order valence-electron chi connectivity index (χ1n) is 6.53. The van der Waals surface area contributed by atoms with Crippen LogP contribution in [-0.2, 0) is 4.79 Å². The number of nitrogens with two attached hydrogens (primary N) is 1. The summed E-state index contributed by atoms with van der Waals surface area (Å²) in [6.45, 7) is 2.27. The summed E-state index contributed by atoms with van der Waals surface area (Å²) >= 11 is 5.73. The van der Waals surface area contributed by atoms with Crippen molar-refractivity contribution >= 4 is 17.5 Å². The fourth-order valence-corrected chi connectivity index (χ4v) is 2.53. The average molecular weight is 303 g/mol. The normalized spacial score (nSPS) is 21.9. The van der Waals surface area contributed by atoms with Crippen LogP contribution in [0.1, 0.15) is 24.8 Å². The monoisotopic (exact) mass is 302 g/mol. The Kier molecular flexibility index (Phi) is 4.60. The molecule has 20 heavy (non-hydrogen) atoms. The highest BCUT2D eigenvalue weighted by atomic mass is 35.5. The van der Waals surface area contributed by atoms with Crippen LogP contribution in [0.3, 0.4) is 0 Å². The second-order valence-electron chi connectivity index (χ2n) is 5.16. The third-order valence-corrected chi connectivity index (χ3v) is 4.03. The molecule has 1 saturated heterocycles. The van der Waals surface area contributed by atoms with E-state index < -0.39 is 18.0 Å². The summed E-state index contributed by atoms with van der Waals surface area (Å²) in [6, 6.07) is 3.48. The van der Waals surface area contributed by atoms with Gasteiger partial charge in [-0.15, -0.1) is 0 Å². The lowest BCUT2D eigenvalue weighted by atomic mass is 9.93. The van der Waals surface area contributed by atoms with Crippen molar-refractivity contribution in [1.82, 2.24) is 4.90 Å². The van der Waals surface area contributed by atoms with Crippen LogP contribution < -0.4 is 5.73 Å². The van der Waals surface area contributed by atoms with Gasteiger partial charge in [0.1, 0.15) is 12.0 Å². The van der Waals surface area contributed by atoms with E-state index >= 15 is 0 Å². The molecular formula is C14H17ClF2N2O. The minimum atomic E-state index is -0.971. The number of nitrogens with zero attached hydrogens (tertiary/aromatic N) is 1. The molecule has 1 fully saturated rings. The van der Waals surface area contributed by atoms with Gasteiger partial charge in [-0.3, -0.25) is 4.79 Å². The Morgan fingerprint density at radius 2 is 2.25 bits per heavy atom. The van der Waals surface area contributed by atoms with Gasteiger partial charge >= 0.3 is 0 Å². The second-order valence-corrected chi connectivity index (χ2v) is 5.57. The summed E-state index contributed by atoms with van der Waals surface area (Å²) in [5.74, 6) is -1.11. The van der Waals surface area contributed by atoms with E-state index in [1.54, 1.807) is 13.0 Å². The van der Waals surface area contributed by atoms with Gasteiger partial charge in [-0.2, -0.15) is 0 Å². The molecule has 6 heteroatoms. The molecule has 2 rings (SSSR count). The maximum absolute atomic E-state index is 13.1. The van der Waals surface area contributed by atoms with Gasteiger partial charge in [0.2, 0.25) is 5.91 Å². The number of likely N-dealkylation sites (tertiary alicyclic amines) is 1. The van der Waals surface area contributed by atoms with E-state index in [9.17, 15) is 13.6 Å². The molecule has 0 bridgehead atoms. The van der Waals surface area contributed by atoms with Crippen molar-refractivity contribution in [3.8, 4) is 0 Å². The second kappa shape index (κ2) is 6.06. The maximum Gasteiger partial charge on any atom is 0.240 e. The Balaban J connectivity index is 2.09. The Hall–Kier alpha value is -1.20. The highest BCUT2D eigenvalue weighted by molar-refractivity contribution is 6.30. The summed E-state index contributed by atoms with van der Waals surface area (Å²) in [5.41, 5.74) is 6.64. The van der Waals surface area contributed by atoms with Gasteiger partial charge in [0, 0.05) is 12.5 Å². The van der Waals surface area contributed by atoms with Gasteiger partial charge in [-0.1, -0.05) is 24.6 Å². The Morgan fingerprint density at radius 1 is 1.55 bits per heavy atom. The van der Waals surface area contributed by atoms with Crippen LogP contribution in [-0.4, -0.2) is 36.1 Å². The number of carbonyl (C=O) groups excluding carboxylic acids is 1. The van der Waals surface area contributed by atoms with Crippen LogP contribution in [0.15, 0.2) is 18.2 Å². The van der Waals surface area contributed by atoms with Crippen molar-refractivity contribution in [2.24, 2.45) is 5.73 Å². The molecule has 0 unspecified atom stereocenters. The molecular weight excluding hydrogens is 286 g/mol. The molecule has 1 aliphatic rings. The SMILES string of the molecule is C[C@@H](c1ccc(F)c(Cl)c1)[C@H](N)C(=O)N1CC[C@H](F)C1. The summed E-state index contributed by atoms with van der Waals surface area (Å²) in [4.78, 5) is 13.6. The van der Waals surface area contributed by atoms with Crippen molar-refractivity contribution in [2.45, 2.75) is 31.5 Å². The Morgan fingerprint density at radius 3 is 2.80 bits per heavy atom. The molecule has 1 heterocycles. The summed E-state index contributed by atoms with van der Waals surface area (Å²) < 4.78 is 26.3. The van der Waals surface area contributed by atoms with Crippen molar-refractivity contribution in [2.75, 3.05) is 13.1 Å². The van der Waals surface area contributed by atoms with Crippen LogP contribution in [0.4, 0.5) is 8.78 Å². The molecule has 110 valence electrons. The van der Waals surface area contributed by atoms with Gasteiger partial charge in [-0.05, 0) is 24.1 Å². The zero-order valence-corrected chi connectivity index (χ0v) is 11.9. The van der Waals surface area contributed by atoms with Crippen molar-refractivity contribution in [3.05, 3.63) is 34.6 Å². The number of carbonyl (C=O) groups is 1. The number of hydrogen-bond acceptors (Lipinski definition) is 2. The number of alkyl halides is 1. The van der Waals surface area contributed by atoms with E-state index in [1.165, 1.54) is 17.0 Å². The van der Waals surface area contributed by atoms with Gasteiger partial charge in [0.25, 0.3) is 0 Å². The van der Waals surface area contributed by atoms with E-state index in [1.807, 2.05) is 0 Å². The van der Waals surface area contributed by atoms with Crippen molar-refractivity contribution in [3.63, 3.8) is 0 Å². The third-order valence-electron chi connectivity index (χ3n) is 3.74. The number of hydrogen-bond donors (Lipinski definition) is 1. The lowest BCUT2D eigenvalue weighted by Gasteiger charge is -2.25. The first-order chi connectivity index (χ1) is 9.40. The molecule has 0 aliphatic carbocycles. The quantitative estimate of drug-likeness (QED) is 0.932. The van der Waals surface area contributed by atoms with Crippen LogP contribution in [0, 0.1) is 5.82 Å². The molecule has 0 saturated carbocycles. The fourth-order valence-electron chi connectivity index (χ4n) is 2.35. The highest BCUT2D eigenvalue weighted by Crippen LogP contribution is 2.25. The smallest absolute Gasteiger partial charge is 0.240 e. The minimum Gasteiger partial charge on any atom is -0.338 e. The summed E-state index contributed by atoms with van der Waals surface area (Å²) in [5, 5.41) is -0.000932. The van der Waals surface area contributed by atoms with Crippen LogP contribution in [0.25, 0.3) is 0 Å². The minimum absolute atomic E-state index is 0.000932. The summed E-state index contributed by atoms with van der Waals surface area (Å²) in [7, 11) is 0. The zero-order chi connectivity index (χ0) is 14.9. The number of rotatable bonds is 3. The zero-order valence-electron chi connectivity index (χ0n) is 11.2. The van der Waals surface area contributed by atoms with Gasteiger partial charge < -0.3 is 10.6 Å². The molecule has 3 atom stereocenters. The van der Waals surface area contributed by atoms with Crippen molar-refractivity contribution < 1.29 is 13.6 Å². The average Bonchev–Trinajstić information content (AvgIpc) is 2.86. The predicted octanol–water partition coefficient (Wildman–Crippen LogP) is 2.48. The fraction of sp³-hybridized carbons (Fsp3) is 0.500. The standard InChI is InChI=1S/C14H17ClF2N2O/c1-8(9-2-3-12(17)11(15)6-9)13(18)14(20)19-5-4-10(16)7-19/h2-3,6,8,10,13H,4-5,7,18H2,1H3/t8-,10-,13-/m0/s1. The van der Waals surface area contributed by atoms with Crippen LogP contribution >= 0.6 is 11.6 Å². The van der Waals surface area contributed by atoms with E-state index in [2.05, 4.69) is 0 Å².